The van der Waals surface area contributed by atoms with Gasteiger partial charge in [0.2, 0.25) is 5.76 Å². The molecule has 1 saturated heterocycles. The monoisotopic (exact) mass is 369 g/mol. The molecule has 25 heavy (non-hydrogen) atoms. The first-order chi connectivity index (χ1) is 11.8. The highest BCUT2D eigenvalue weighted by atomic mass is 32.1. The first kappa shape index (κ1) is 17.5. The summed E-state index contributed by atoms with van der Waals surface area (Å²) in [4.78, 5) is 15.1. The maximum Gasteiger partial charge on any atom is 0.452 e. The van der Waals surface area contributed by atoms with Crippen LogP contribution in [-0.4, -0.2) is 29.1 Å². The normalized spacial score (nSPS) is 16.0. The van der Waals surface area contributed by atoms with E-state index in [1.165, 1.54) is 6.92 Å². The molecule has 1 amide bonds. The van der Waals surface area contributed by atoms with Crippen LogP contribution in [0, 0.1) is 24.2 Å². The molecular formula is C16H14F3N3O2S. The fraction of sp³-hybridized carbons (Fsp3) is 0.438. The number of aromatic nitrogens is 1. The molecule has 1 aliphatic heterocycles. The van der Waals surface area contributed by atoms with Gasteiger partial charge in [-0.25, -0.2) is 0 Å². The van der Waals surface area contributed by atoms with Gasteiger partial charge in [0.1, 0.15) is 5.69 Å². The first-order valence-corrected chi connectivity index (χ1v) is 8.45. The highest BCUT2D eigenvalue weighted by Gasteiger charge is 2.39. The Morgan fingerprint density at radius 3 is 2.64 bits per heavy atom. The van der Waals surface area contributed by atoms with Crippen LogP contribution >= 0.6 is 11.3 Å². The van der Waals surface area contributed by atoms with Crippen molar-refractivity contribution in [3.8, 4) is 16.6 Å². The van der Waals surface area contributed by atoms with Crippen LogP contribution in [0.3, 0.4) is 0 Å². The largest absolute Gasteiger partial charge is 0.452 e. The second-order valence-corrected chi connectivity index (χ2v) is 6.93. The van der Waals surface area contributed by atoms with Crippen molar-refractivity contribution in [2.75, 3.05) is 13.1 Å². The van der Waals surface area contributed by atoms with Crippen LogP contribution < -0.4 is 0 Å². The van der Waals surface area contributed by atoms with Gasteiger partial charge in [-0.3, -0.25) is 4.79 Å². The summed E-state index contributed by atoms with van der Waals surface area (Å²) < 4.78 is 42.8. The zero-order chi connectivity index (χ0) is 18.2. The Kier molecular flexibility index (Phi) is 4.56. The highest BCUT2D eigenvalue weighted by Crippen LogP contribution is 2.38. The number of nitriles is 1. The van der Waals surface area contributed by atoms with E-state index < -0.39 is 11.9 Å². The Morgan fingerprint density at radius 2 is 2.08 bits per heavy atom. The SMILES string of the molecule is Cc1c(-c2ccc(C(=O)N3CCC(C#N)CC3)s2)noc1C(F)(F)F. The Labute approximate surface area is 145 Å². The van der Waals surface area contributed by atoms with Gasteiger partial charge in [-0.05, 0) is 31.9 Å². The molecule has 0 spiro atoms. The van der Waals surface area contributed by atoms with Crippen molar-refractivity contribution in [3.05, 3.63) is 28.3 Å². The Morgan fingerprint density at radius 1 is 1.40 bits per heavy atom. The van der Waals surface area contributed by atoms with Crippen molar-refractivity contribution in [2.45, 2.75) is 25.9 Å². The molecule has 0 bridgehead atoms. The van der Waals surface area contributed by atoms with E-state index in [-0.39, 0.29) is 23.1 Å². The van der Waals surface area contributed by atoms with E-state index in [1.54, 1.807) is 17.0 Å². The van der Waals surface area contributed by atoms with Crippen molar-refractivity contribution < 1.29 is 22.5 Å². The van der Waals surface area contributed by atoms with Gasteiger partial charge in [-0.15, -0.1) is 11.3 Å². The highest BCUT2D eigenvalue weighted by molar-refractivity contribution is 7.17. The molecule has 0 unspecified atom stereocenters. The zero-order valence-electron chi connectivity index (χ0n) is 13.3. The number of likely N-dealkylation sites (tertiary alicyclic amines) is 1. The Bertz CT molecular complexity index is 827. The summed E-state index contributed by atoms with van der Waals surface area (Å²) in [6.07, 6.45) is -3.33. The van der Waals surface area contributed by atoms with E-state index in [1.807, 2.05) is 0 Å². The Balaban J connectivity index is 1.78. The van der Waals surface area contributed by atoms with Crippen LogP contribution in [0.25, 0.3) is 10.6 Å². The smallest absolute Gasteiger partial charge is 0.351 e. The van der Waals surface area contributed by atoms with Crippen LogP contribution in [0.5, 0.6) is 0 Å². The van der Waals surface area contributed by atoms with Gasteiger partial charge in [0, 0.05) is 24.6 Å². The number of piperidine rings is 1. The van der Waals surface area contributed by atoms with Crippen molar-refractivity contribution in [3.63, 3.8) is 0 Å². The lowest BCUT2D eigenvalue weighted by atomic mass is 9.98. The molecule has 0 aromatic carbocycles. The third kappa shape index (κ3) is 3.39. The van der Waals surface area contributed by atoms with E-state index >= 15 is 0 Å². The molecule has 3 heterocycles. The number of carbonyl (C=O) groups is 1. The summed E-state index contributed by atoms with van der Waals surface area (Å²) in [6.45, 7) is 2.31. The number of rotatable bonds is 2. The maximum atomic E-state index is 12.8. The predicted octanol–water partition coefficient (Wildman–Crippen LogP) is 4.11. The van der Waals surface area contributed by atoms with Crippen molar-refractivity contribution in [1.29, 1.82) is 5.26 Å². The van der Waals surface area contributed by atoms with E-state index in [2.05, 4.69) is 15.7 Å². The Hall–Kier alpha value is -2.34. The quantitative estimate of drug-likeness (QED) is 0.799. The fourth-order valence-electron chi connectivity index (χ4n) is 2.78. The zero-order valence-corrected chi connectivity index (χ0v) is 14.1. The number of alkyl halides is 3. The first-order valence-electron chi connectivity index (χ1n) is 7.64. The summed E-state index contributed by atoms with van der Waals surface area (Å²) in [5.74, 6) is -1.33. The standard InChI is InChI=1S/C16H14F3N3O2S/c1-9-13(21-24-14(9)16(17,18)19)11-2-3-12(25-11)15(23)22-6-4-10(8-20)5-7-22/h2-3,10H,4-7H2,1H3. The predicted molar refractivity (Wildman–Crippen MR) is 83.8 cm³/mol. The number of nitrogens with zero attached hydrogens (tertiary/aromatic N) is 3. The average Bonchev–Trinajstić information content (AvgIpc) is 3.20. The van der Waals surface area contributed by atoms with Crippen LogP contribution in [0.1, 0.15) is 33.8 Å². The number of amides is 1. The molecule has 0 N–H and O–H groups in total. The van der Waals surface area contributed by atoms with E-state index in [0.29, 0.717) is 35.7 Å². The van der Waals surface area contributed by atoms with Gasteiger partial charge in [-0.1, -0.05) is 5.16 Å². The number of thiophene rings is 1. The van der Waals surface area contributed by atoms with Gasteiger partial charge < -0.3 is 9.42 Å². The third-order valence-electron chi connectivity index (χ3n) is 4.20. The van der Waals surface area contributed by atoms with Crippen molar-refractivity contribution in [1.82, 2.24) is 10.1 Å². The van der Waals surface area contributed by atoms with Gasteiger partial charge in [0.15, 0.2) is 0 Å². The number of halogens is 3. The van der Waals surface area contributed by atoms with Crippen LogP contribution in [0.4, 0.5) is 13.2 Å². The van der Waals surface area contributed by atoms with Gasteiger partial charge in [0.25, 0.3) is 5.91 Å². The summed E-state index contributed by atoms with van der Waals surface area (Å²) in [6, 6.07) is 5.36. The minimum Gasteiger partial charge on any atom is -0.351 e. The molecule has 9 heteroatoms. The van der Waals surface area contributed by atoms with Gasteiger partial charge in [-0.2, -0.15) is 18.4 Å². The average molecular weight is 369 g/mol. The molecule has 2 aromatic rings. The molecule has 2 aromatic heterocycles. The molecule has 3 rings (SSSR count). The minimum absolute atomic E-state index is 0.0264. The molecule has 0 saturated carbocycles. The maximum absolute atomic E-state index is 12.8. The van der Waals surface area contributed by atoms with Crippen molar-refractivity contribution in [2.24, 2.45) is 5.92 Å². The summed E-state index contributed by atoms with van der Waals surface area (Å²) >= 11 is 1.09. The second kappa shape index (κ2) is 6.52. The van der Waals surface area contributed by atoms with Gasteiger partial charge in [0.05, 0.1) is 15.8 Å². The lowest BCUT2D eigenvalue weighted by Gasteiger charge is -2.28. The molecular weight excluding hydrogens is 355 g/mol. The summed E-state index contributed by atoms with van der Waals surface area (Å²) in [5.41, 5.74) is 0.00254. The second-order valence-electron chi connectivity index (χ2n) is 5.84. The molecule has 1 fully saturated rings. The van der Waals surface area contributed by atoms with Crippen LogP contribution in [0.15, 0.2) is 16.7 Å². The molecule has 0 atom stereocenters. The van der Waals surface area contributed by atoms with E-state index in [0.717, 1.165) is 11.3 Å². The molecule has 1 aliphatic rings. The molecule has 0 radical (unpaired) electrons. The minimum atomic E-state index is -4.60. The van der Waals surface area contributed by atoms with Gasteiger partial charge >= 0.3 is 6.18 Å². The number of hydrogen-bond donors (Lipinski definition) is 0. The number of hydrogen-bond acceptors (Lipinski definition) is 5. The molecule has 0 aliphatic carbocycles. The molecule has 5 nitrogen and oxygen atoms in total. The summed E-state index contributed by atoms with van der Waals surface area (Å²) in [5, 5.41) is 12.4. The topological polar surface area (TPSA) is 70.1 Å². The van der Waals surface area contributed by atoms with Crippen LogP contribution in [0.2, 0.25) is 0 Å². The van der Waals surface area contributed by atoms with E-state index in [9.17, 15) is 18.0 Å². The fourth-order valence-corrected chi connectivity index (χ4v) is 3.79. The lowest BCUT2D eigenvalue weighted by Crippen LogP contribution is -2.37. The number of carbonyl (C=O) groups excluding carboxylic acids is 1. The lowest BCUT2D eigenvalue weighted by molar-refractivity contribution is -0.156. The molecule has 132 valence electrons. The summed E-state index contributed by atoms with van der Waals surface area (Å²) in [7, 11) is 0. The van der Waals surface area contributed by atoms with E-state index in [4.69, 9.17) is 5.26 Å². The third-order valence-corrected chi connectivity index (χ3v) is 5.28. The van der Waals surface area contributed by atoms with Crippen LogP contribution in [-0.2, 0) is 6.18 Å². The van der Waals surface area contributed by atoms with Crippen molar-refractivity contribution >= 4 is 17.2 Å².